The number of nitro groups is 1. The smallest absolute Gasteiger partial charge is 0.469 e. The summed E-state index contributed by atoms with van der Waals surface area (Å²) in [7, 11) is 1.08. The summed E-state index contributed by atoms with van der Waals surface area (Å²) < 4.78 is 41.2. The lowest BCUT2D eigenvalue weighted by atomic mass is 9.95. The van der Waals surface area contributed by atoms with Crippen molar-refractivity contribution in [2.45, 2.75) is 18.5 Å². The molecule has 0 aromatic heterocycles. The largest absolute Gasteiger partial charge is 0.471 e. The lowest BCUT2D eigenvalue weighted by Gasteiger charge is -2.17. The molecule has 0 spiro atoms. The van der Waals surface area contributed by atoms with E-state index >= 15 is 0 Å². The van der Waals surface area contributed by atoms with Crippen LogP contribution >= 0.6 is 11.6 Å². The zero-order chi connectivity index (χ0) is 18.5. The Balaban J connectivity index is 3.05. The van der Waals surface area contributed by atoms with Crippen LogP contribution in [-0.2, 0) is 14.3 Å². The number of nitrogens with zero attached hydrogens (tertiary/aromatic N) is 1. The van der Waals surface area contributed by atoms with E-state index in [-0.39, 0.29) is 17.0 Å². The maximum atomic E-state index is 12.2. The molecule has 0 bridgehead atoms. The van der Waals surface area contributed by atoms with E-state index in [0.717, 1.165) is 13.2 Å². The van der Waals surface area contributed by atoms with Crippen molar-refractivity contribution in [2.75, 3.05) is 13.7 Å². The van der Waals surface area contributed by atoms with Gasteiger partial charge in [0.25, 0.3) is 5.69 Å². The lowest BCUT2D eigenvalue weighted by molar-refractivity contribution is -0.384. The molecule has 1 atom stereocenters. The fraction of sp³-hybridized carbons (Fsp3) is 0.385. The first-order valence-electron chi connectivity index (χ1n) is 6.42. The number of esters is 1. The molecule has 0 radical (unpaired) electrons. The number of nitro benzene ring substituents is 1. The predicted molar refractivity (Wildman–Crippen MR) is 76.5 cm³/mol. The third-order valence-electron chi connectivity index (χ3n) is 3.05. The fourth-order valence-electron chi connectivity index (χ4n) is 1.83. The van der Waals surface area contributed by atoms with Gasteiger partial charge in [0.2, 0.25) is 0 Å². The van der Waals surface area contributed by atoms with Crippen molar-refractivity contribution >= 4 is 29.2 Å². The van der Waals surface area contributed by atoms with E-state index in [0.29, 0.717) is 0 Å². The molecule has 132 valence electrons. The molecule has 7 nitrogen and oxygen atoms in total. The van der Waals surface area contributed by atoms with Gasteiger partial charge in [-0.05, 0) is 11.6 Å². The minimum absolute atomic E-state index is 0.166. The molecule has 1 aromatic rings. The van der Waals surface area contributed by atoms with Gasteiger partial charge in [-0.3, -0.25) is 19.7 Å². The standard InChI is InChI=1S/C13H12ClF3N2O5/c1-24-11(20)5-8(6-18-12(21)13(15,16)17)7-2-3-9(14)10(4-7)19(22)23/h2-4,8H,5-6H2,1H3,(H,18,21)/t8-/m0/s1. The van der Waals surface area contributed by atoms with Gasteiger partial charge < -0.3 is 10.1 Å². The molecule has 0 fully saturated rings. The second-order valence-electron chi connectivity index (χ2n) is 4.65. The highest BCUT2D eigenvalue weighted by Crippen LogP contribution is 2.30. The molecule has 1 N–H and O–H groups in total. The van der Waals surface area contributed by atoms with Crippen LogP contribution in [0.25, 0.3) is 0 Å². The summed E-state index contributed by atoms with van der Waals surface area (Å²) in [6.07, 6.45) is -5.46. The van der Waals surface area contributed by atoms with Crippen LogP contribution in [0.1, 0.15) is 17.9 Å². The molecule has 0 heterocycles. The Bertz CT molecular complexity index is 651. The van der Waals surface area contributed by atoms with E-state index in [4.69, 9.17) is 11.6 Å². The first-order chi connectivity index (χ1) is 11.1. The van der Waals surface area contributed by atoms with Gasteiger partial charge in [0.1, 0.15) is 5.02 Å². The molecule has 0 aliphatic heterocycles. The molecule has 1 rings (SSSR count). The van der Waals surface area contributed by atoms with E-state index in [9.17, 15) is 32.9 Å². The minimum atomic E-state index is -5.08. The first-order valence-corrected chi connectivity index (χ1v) is 6.79. The van der Waals surface area contributed by atoms with Crippen LogP contribution in [0.3, 0.4) is 0 Å². The maximum absolute atomic E-state index is 12.2. The number of methoxy groups -OCH3 is 1. The molecule has 0 saturated heterocycles. The van der Waals surface area contributed by atoms with Gasteiger partial charge in [-0.1, -0.05) is 17.7 Å². The Morgan fingerprint density at radius 3 is 2.54 bits per heavy atom. The Labute approximate surface area is 138 Å². The van der Waals surface area contributed by atoms with Crippen LogP contribution in [0.15, 0.2) is 18.2 Å². The van der Waals surface area contributed by atoms with Crippen molar-refractivity contribution in [3.8, 4) is 0 Å². The number of hydrogen-bond donors (Lipinski definition) is 1. The van der Waals surface area contributed by atoms with Gasteiger partial charge in [-0.2, -0.15) is 13.2 Å². The highest BCUT2D eigenvalue weighted by molar-refractivity contribution is 6.32. The number of nitrogens with one attached hydrogen (secondary N) is 1. The topological polar surface area (TPSA) is 98.5 Å². The van der Waals surface area contributed by atoms with Crippen LogP contribution in [0.4, 0.5) is 18.9 Å². The van der Waals surface area contributed by atoms with E-state index in [1.807, 2.05) is 0 Å². The van der Waals surface area contributed by atoms with Gasteiger partial charge in [-0.15, -0.1) is 0 Å². The van der Waals surface area contributed by atoms with E-state index in [1.165, 1.54) is 12.1 Å². The number of carbonyl (C=O) groups is 2. The molecular weight excluding hydrogens is 357 g/mol. The zero-order valence-electron chi connectivity index (χ0n) is 12.2. The fourth-order valence-corrected chi connectivity index (χ4v) is 2.02. The molecule has 0 aliphatic carbocycles. The molecule has 1 amide bonds. The summed E-state index contributed by atoms with van der Waals surface area (Å²) in [6.45, 7) is -0.563. The molecule has 11 heteroatoms. The number of carbonyl (C=O) groups excluding carboxylic acids is 2. The second kappa shape index (κ2) is 7.95. The van der Waals surface area contributed by atoms with Crippen molar-refractivity contribution in [3.05, 3.63) is 38.9 Å². The first kappa shape index (κ1) is 19.7. The number of ether oxygens (including phenoxy) is 1. The van der Waals surface area contributed by atoms with Gasteiger partial charge in [-0.25, -0.2) is 0 Å². The summed E-state index contributed by atoms with van der Waals surface area (Å²) in [6, 6.07) is 3.54. The highest BCUT2D eigenvalue weighted by Gasteiger charge is 2.38. The van der Waals surface area contributed by atoms with E-state index < -0.39 is 41.1 Å². The summed E-state index contributed by atoms with van der Waals surface area (Å²) in [5, 5.41) is 12.4. The molecule has 1 aromatic carbocycles. The van der Waals surface area contributed by atoms with Crippen LogP contribution in [0.5, 0.6) is 0 Å². The number of rotatable bonds is 6. The van der Waals surface area contributed by atoms with Crippen LogP contribution in [0, 0.1) is 10.1 Å². The molecule has 24 heavy (non-hydrogen) atoms. The third-order valence-corrected chi connectivity index (χ3v) is 3.37. The van der Waals surface area contributed by atoms with Crippen LogP contribution in [0.2, 0.25) is 5.02 Å². The summed E-state index contributed by atoms with van der Waals surface area (Å²) in [5.41, 5.74) is -0.301. The summed E-state index contributed by atoms with van der Waals surface area (Å²) in [4.78, 5) is 32.4. The zero-order valence-corrected chi connectivity index (χ0v) is 13.0. The lowest BCUT2D eigenvalue weighted by Crippen LogP contribution is -2.39. The third kappa shape index (κ3) is 5.37. The molecular formula is C13H12ClF3N2O5. The molecule has 0 aliphatic rings. The number of amides is 1. The Hall–Kier alpha value is -2.36. The van der Waals surface area contributed by atoms with Gasteiger partial charge in [0.15, 0.2) is 0 Å². The number of alkyl halides is 3. The van der Waals surface area contributed by atoms with Gasteiger partial charge >= 0.3 is 18.1 Å². The maximum Gasteiger partial charge on any atom is 0.471 e. The average Bonchev–Trinajstić information content (AvgIpc) is 2.50. The van der Waals surface area contributed by atoms with E-state index in [2.05, 4.69) is 4.74 Å². The van der Waals surface area contributed by atoms with Crippen molar-refractivity contribution in [3.63, 3.8) is 0 Å². The Morgan fingerprint density at radius 1 is 1.42 bits per heavy atom. The monoisotopic (exact) mass is 368 g/mol. The predicted octanol–water partition coefficient (Wildman–Crippen LogP) is 2.57. The van der Waals surface area contributed by atoms with Crippen LogP contribution in [-0.4, -0.2) is 36.6 Å². The van der Waals surface area contributed by atoms with Crippen molar-refractivity contribution < 1.29 is 32.4 Å². The van der Waals surface area contributed by atoms with Gasteiger partial charge in [0, 0.05) is 18.5 Å². The van der Waals surface area contributed by atoms with E-state index in [1.54, 1.807) is 5.32 Å². The second-order valence-corrected chi connectivity index (χ2v) is 5.06. The van der Waals surface area contributed by atoms with Crippen molar-refractivity contribution in [1.29, 1.82) is 0 Å². The summed E-state index contributed by atoms with van der Waals surface area (Å²) in [5.74, 6) is -3.89. The van der Waals surface area contributed by atoms with Crippen molar-refractivity contribution in [2.24, 2.45) is 0 Å². The quantitative estimate of drug-likeness (QED) is 0.472. The van der Waals surface area contributed by atoms with Crippen LogP contribution < -0.4 is 5.32 Å². The minimum Gasteiger partial charge on any atom is -0.469 e. The number of halogens is 4. The number of benzene rings is 1. The molecule has 0 unspecified atom stereocenters. The Morgan fingerprint density at radius 2 is 2.04 bits per heavy atom. The average molecular weight is 369 g/mol. The van der Waals surface area contributed by atoms with Gasteiger partial charge in [0.05, 0.1) is 18.5 Å². The Kier molecular flexibility index (Phi) is 6.52. The summed E-state index contributed by atoms with van der Waals surface area (Å²) >= 11 is 5.66. The highest BCUT2D eigenvalue weighted by atomic mass is 35.5. The van der Waals surface area contributed by atoms with Crippen molar-refractivity contribution in [1.82, 2.24) is 5.32 Å². The normalized spacial score (nSPS) is 12.4. The number of hydrogen-bond acceptors (Lipinski definition) is 5. The molecule has 0 saturated carbocycles. The SMILES string of the molecule is COC(=O)C[C@@H](CNC(=O)C(F)(F)F)c1ccc(Cl)c([N+](=O)[O-])c1.